The minimum atomic E-state index is 0.0113. The van der Waals surface area contributed by atoms with Gasteiger partial charge in [-0.25, -0.2) is 0 Å². The van der Waals surface area contributed by atoms with Gasteiger partial charge in [0.15, 0.2) is 5.82 Å². The summed E-state index contributed by atoms with van der Waals surface area (Å²) in [5, 5.41) is 13.9. The zero-order valence-electron chi connectivity index (χ0n) is 9.81. The second-order valence-electron chi connectivity index (χ2n) is 4.50. The average molecular weight is 294 g/mol. The highest BCUT2D eigenvalue weighted by Gasteiger charge is 2.43. The van der Waals surface area contributed by atoms with E-state index in [2.05, 4.69) is 16.2 Å². The number of nitriles is 1. The largest absolute Gasteiger partial charge is 0.339 e. The van der Waals surface area contributed by atoms with Crippen molar-refractivity contribution in [3.63, 3.8) is 0 Å². The summed E-state index contributed by atoms with van der Waals surface area (Å²) in [6.45, 7) is 0. The summed E-state index contributed by atoms with van der Waals surface area (Å²) < 4.78 is 5.17. The first-order chi connectivity index (χ1) is 9.19. The van der Waals surface area contributed by atoms with Gasteiger partial charge in [0.1, 0.15) is 0 Å². The van der Waals surface area contributed by atoms with E-state index in [-0.39, 0.29) is 11.8 Å². The van der Waals surface area contributed by atoms with Gasteiger partial charge in [-0.05, 0) is 24.1 Å². The number of nitrogens with zero attached hydrogens (tertiary/aromatic N) is 3. The number of aromatic nitrogens is 2. The molecule has 3 rings (SSSR count). The van der Waals surface area contributed by atoms with E-state index in [4.69, 9.17) is 33.0 Å². The molecule has 1 aromatic heterocycles. The number of benzene rings is 1. The molecule has 1 saturated carbocycles. The fraction of sp³-hybridized carbons (Fsp3) is 0.308. The normalized spacial score (nSPS) is 21.1. The lowest BCUT2D eigenvalue weighted by atomic mass is 10.1. The summed E-state index contributed by atoms with van der Waals surface area (Å²) in [6.07, 6.45) is 1.22. The molecule has 0 saturated heterocycles. The lowest BCUT2D eigenvalue weighted by molar-refractivity contribution is 0.373. The first kappa shape index (κ1) is 12.5. The van der Waals surface area contributed by atoms with Crippen LogP contribution in [0.2, 0.25) is 10.0 Å². The predicted molar refractivity (Wildman–Crippen MR) is 70.0 cm³/mol. The van der Waals surface area contributed by atoms with Crippen molar-refractivity contribution in [2.24, 2.45) is 5.92 Å². The van der Waals surface area contributed by atoms with E-state index in [1.807, 2.05) is 0 Å². The van der Waals surface area contributed by atoms with Crippen molar-refractivity contribution < 1.29 is 4.52 Å². The van der Waals surface area contributed by atoms with Gasteiger partial charge in [-0.2, -0.15) is 10.2 Å². The summed E-state index contributed by atoms with van der Waals surface area (Å²) >= 11 is 12.2. The maximum Gasteiger partial charge on any atom is 0.231 e. The van der Waals surface area contributed by atoms with Crippen molar-refractivity contribution in [1.82, 2.24) is 10.1 Å². The lowest BCUT2D eigenvalue weighted by Crippen LogP contribution is -1.93. The van der Waals surface area contributed by atoms with Crippen LogP contribution in [-0.2, 0) is 6.42 Å². The average Bonchev–Trinajstić information content (AvgIpc) is 3.05. The summed E-state index contributed by atoms with van der Waals surface area (Å²) in [4.78, 5) is 4.30. The molecule has 0 bridgehead atoms. The van der Waals surface area contributed by atoms with Gasteiger partial charge in [0.05, 0.1) is 17.9 Å². The fourth-order valence-electron chi connectivity index (χ4n) is 1.96. The molecule has 6 heteroatoms. The molecule has 1 aliphatic carbocycles. The Labute approximate surface area is 119 Å². The van der Waals surface area contributed by atoms with E-state index in [1.165, 1.54) is 0 Å². The van der Waals surface area contributed by atoms with Gasteiger partial charge in [0.25, 0.3) is 0 Å². The zero-order chi connectivity index (χ0) is 13.4. The van der Waals surface area contributed by atoms with E-state index < -0.39 is 0 Å². The van der Waals surface area contributed by atoms with Crippen LogP contribution < -0.4 is 0 Å². The molecule has 2 unspecified atom stereocenters. The highest BCUT2D eigenvalue weighted by Crippen LogP contribution is 2.46. The lowest BCUT2D eigenvalue weighted by Gasteiger charge is -2.02. The fourth-order valence-corrected chi connectivity index (χ4v) is 2.49. The Bertz CT molecular complexity index is 642. The summed E-state index contributed by atoms with van der Waals surface area (Å²) in [6, 6.07) is 7.53. The third kappa shape index (κ3) is 2.44. The molecule has 96 valence electrons. The van der Waals surface area contributed by atoms with Crippen LogP contribution in [0.4, 0.5) is 0 Å². The molecule has 1 aromatic carbocycles. The van der Waals surface area contributed by atoms with E-state index >= 15 is 0 Å². The Balaban J connectivity index is 1.80. The van der Waals surface area contributed by atoms with Crippen molar-refractivity contribution in [3.05, 3.63) is 45.5 Å². The maximum atomic E-state index is 8.78. The molecular weight excluding hydrogens is 285 g/mol. The number of hydrogen-bond acceptors (Lipinski definition) is 4. The van der Waals surface area contributed by atoms with E-state index in [0.29, 0.717) is 28.2 Å². The number of rotatable bonds is 3. The first-order valence-electron chi connectivity index (χ1n) is 5.84. The molecule has 0 radical (unpaired) electrons. The Morgan fingerprint density at radius 2 is 2.11 bits per heavy atom. The van der Waals surface area contributed by atoms with Crippen molar-refractivity contribution >= 4 is 23.2 Å². The number of hydrogen-bond donors (Lipinski definition) is 0. The van der Waals surface area contributed by atoms with Gasteiger partial charge in [-0.15, -0.1) is 0 Å². The zero-order valence-corrected chi connectivity index (χ0v) is 11.3. The molecule has 4 nitrogen and oxygen atoms in total. The monoisotopic (exact) mass is 293 g/mol. The highest BCUT2D eigenvalue weighted by atomic mass is 35.5. The molecule has 1 fully saturated rings. The van der Waals surface area contributed by atoms with Gasteiger partial charge in [0.2, 0.25) is 5.89 Å². The van der Waals surface area contributed by atoms with E-state index in [9.17, 15) is 0 Å². The van der Waals surface area contributed by atoms with Gasteiger partial charge in [0, 0.05) is 16.5 Å². The van der Waals surface area contributed by atoms with Crippen LogP contribution in [0, 0.1) is 17.2 Å². The minimum Gasteiger partial charge on any atom is -0.339 e. The van der Waals surface area contributed by atoms with E-state index in [1.54, 1.807) is 18.2 Å². The molecular formula is C13H9Cl2N3O. The van der Waals surface area contributed by atoms with E-state index in [0.717, 1.165) is 12.0 Å². The van der Waals surface area contributed by atoms with Crippen molar-refractivity contribution in [1.29, 1.82) is 5.26 Å². The van der Waals surface area contributed by atoms with Crippen molar-refractivity contribution in [3.8, 4) is 6.07 Å². The molecule has 19 heavy (non-hydrogen) atoms. The van der Waals surface area contributed by atoms with Gasteiger partial charge in [-0.3, -0.25) is 0 Å². The van der Waals surface area contributed by atoms with Gasteiger partial charge in [-0.1, -0.05) is 34.4 Å². The first-order valence-corrected chi connectivity index (χ1v) is 6.59. The second kappa shape index (κ2) is 4.84. The van der Waals surface area contributed by atoms with Gasteiger partial charge < -0.3 is 4.52 Å². The standard InChI is InChI=1S/C13H9Cl2N3O/c14-10-2-1-3-11(15)9(10)5-12-17-13(19-18-12)8-4-7(8)6-16/h1-3,7-8H,4-5H2. The SMILES string of the molecule is N#CC1CC1c1nc(Cc2c(Cl)cccc2Cl)no1. The van der Waals surface area contributed by atoms with Crippen LogP contribution in [0.1, 0.15) is 29.6 Å². The Morgan fingerprint density at radius 3 is 2.74 bits per heavy atom. The van der Waals surface area contributed by atoms with Crippen LogP contribution >= 0.6 is 23.2 Å². The predicted octanol–water partition coefficient (Wildman–Crippen LogP) is 3.59. The Hall–Kier alpha value is -1.57. The third-order valence-electron chi connectivity index (χ3n) is 3.15. The van der Waals surface area contributed by atoms with Crippen molar-refractivity contribution in [2.75, 3.05) is 0 Å². The van der Waals surface area contributed by atoms with Gasteiger partial charge >= 0.3 is 0 Å². The second-order valence-corrected chi connectivity index (χ2v) is 5.32. The minimum absolute atomic E-state index is 0.0113. The molecule has 1 aliphatic rings. The maximum absolute atomic E-state index is 8.78. The van der Waals surface area contributed by atoms with Crippen LogP contribution in [-0.4, -0.2) is 10.1 Å². The number of halogens is 2. The molecule has 0 amide bonds. The molecule has 0 aliphatic heterocycles. The molecule has 2 aromatic rings. The van der Waals surface area contributed by atoms with Crippen molar-refractivity contribution in [2.45, 2.75) is 18.8 Å². The molecule has 0 spiro atoms. The molecule has 1 heterocycles. The van der Waals surface area contributed by atoms with Crippen LogP contribution in [0.3, 0.4) is 0 Å². The summed E-state index contributed by atoms with van der Waals surface area (Å²) in [7, 11) is 0. The smallest absolute Gasteiger partial charge is 0.231 e. The quantitative estimate of drug-likeness (QED) is 0.867. The molecule has 0 N–H and O–H groups in total. The van der Waals surface area contributed by atoms with Crippen LogP contribution in [0.5, 0.6) is 0 Å². The topological polar surface area (TPSA) is 62.7 Å². The molecule has 2 atom stereocenters. The van der Waals surface area contributed by atoms with Crippen LogP contribution in [0.25, 0.3) is 0 Å². The summed E-state index contributed by atoms with van der Waals surface area (Å²) in [5.41, 5.74) is 0.783. The third-order valence-corrected chi connectivity index (χ3v) is 3.86. The Morgan fingerprint density at radius 1 is 1.37 bits per heavy atom. The van der Waals surface area contributed by atoms with Crippen LogP contribution in [0.15, 0.2) is 22.7 Å². The Kier molecular flexibility index (Phi) is 3.17. The highest BCUT2D eigenvalue weighted by molar-refractivity contribution is 6.36. The summed E-state index contributed by atoms with van der Waals surface area (Å²) in [5.74, 6) is 1.17.